The number of aryl methyl sites for hydroxylation is 1. The van der Waals surface area contributed by atoms with Crippen LogP contribution in [0.15, 0.2) is 83.5 Å². The van der Waals surface area contributed by atoms with Crippen LogP contribution in [-0.2, 0) is 0 Å². The van der Waals surface area contributed by atoms with Gasteiger partial charge in [0.2, 0.25) is 0 Å². The van der Waals surface area contributed by atoms with Crippen molar-refractivity contribution in [3.63, 3.8) is 0 Å². The Hall–Kier alpha value is -3.16. The minimum atomic E-state index is -0.0934. The van der Waals surface area contributed by atoms with Crippen LogP contribution in [0.5, 0.6) is 5.75 Å². The molecule has 2 aromatic carbocycles. The summed E-state index contributed by atoms with van der Waals surface area (Å²) < 4.78 is 9.24. The van der Waals surface area contributed by atoms with Crippen LogP contribution in [-0.4, -0.2) is 20.8 Å². The minimum Gasteiger partial charge on any atom is -0.491 e. The van der Waals surface area contributed by atoms with E-state index in [0.717, 1.165) is 27.3 Å². The molecule has 0 aliphatic carbocycles. The largest absolute Gasteiger partial charge is 0.491 e. The predicted octanol–water partition coefficient (Wildman–Crippen LogP) is 7.22. The normalized spacial score (nSPS) is 17.5. The lowest BCUT2D eigenvalue weighted by molar-refractivity contribution is 0.242. The summed E-state index contributed by atoms with van der Waals surface area (Å²) in [7, 11) is 0. The highest BCUT2D eigenvalue weighted by Crippen LogP contribution is 2.44. The zero-order valence-electron chi connectivity index (χ0n) is 20.8. The van der Waals surface area contributed by atoms with Crippen molar-refractivity contribution < 1.29 is 4.74 Å². The number of hydrogen-bond donors (Lipinski definition) is 1. The molecule has 2 aromatic heterocycles. The van der Waals surface area contributed by atoms with Crippen molar-refractivity contribution in [3.05, 3.63) is 106 Å². The number of thiocarbonyl (C=S) groups is 1. The molecule has 4 aromatic rings. The van der Waals surface area contributed by atoms with E-state index in [-0.39, 0.29) is 18.2 Å². The molecule has 1 fully saturated rings. The van der Waals surface area contributed by atoms with Gasteiger partial charge in [0.1, 0.15) is 5.75 Å². The molecule has 1 aliphatic heterocycles. The van der Waals surface area contributed by atoms with Gasteiger partial charge in [0.05, 0.1) is 23.9 Å². The number of rotatable bonds is 6. The number of halogens is 1. The fourth-order valence-electron chi connectivity index (χ4n) is 4.98. The van der Waals surface area contributed by atoms with E-state index < -0.39 is 0 Å². The quantitative estimate of drug-likeness (QED) is 0.252. The van der Waals surface area contributed by atoms with Crippen molar-refractivity contribution in [3.8, 4) is 11.4 Å². The summed E-state index contributed by atoms with van der Waals surface area (Å²) in [5.74, 6) is 0.845. The van der Waals surface area contributed by atoms with Gasteiger partial charge in [-0.3, -0.25) is 4.98 Å². The summed E-state index contributed by atoms with van der Waals surface area (Å²) >= 11 is 9.47. The molecule has 0 amide bonds. The van der Waals surface area contributed by atoms with E-state index in [9.17, 15) is 0 Å². The second kappa shape index (κ2) is 10.1. The lowest BCUT2D eigenvalue weighted by Crippen LogP contribution is -2.29. The molecule has 0 bridgehead atoms. The number of hydrogen-bond acceptors (Lipinski definition) is 3. The lowest BCUT2D eigenvalue weighted by Gasteiger charge is -2.28. The number of nitrogens with one attached hydrogen (secondary N) is 1. The smallest absolute Gasteiger partial charge is 0.174 e. The van der Waals surface area contributed by atoms with Crippen LogP contribution in [0.3, 0.4) is 0 Å². The van der Waals surface area contributed by atoms with E-state index in [1.807, 2.05) is 44.3 Å². The number of anilines is 1. The zero-order chi connectivity index (χ0) is 25.4. The molecule has 5 rings (SSSR count). The van der Waals surface area contributed by atoms with Gasteiger partial charge >= 0.3 is 0 Å². The highest BCUT2D eigenvalue weighted by Gasteiger charge is 2.42. The first-order chi connectivity index (χ1) is 17.3. The van der Waals surface area contributed by atoms with Crippen LogP contribution in [0.1, 0.15) is 48.6 Å². The standard InChI is InChI=1S/C29H29BrN4OS/c1-18(2)35-24-14-12-23(13-15-24)34-28(27(32-29(34)36)26-7-5-6-16-31-26)25-17-19(3)33(20(25)4)22-10-8-21(30)9-11-22/h5-18,27-28H,1-4H3,(H,32,36)/t27-,28-/m0/s1. The highest BCUT2D eigenvalue weighted by molar-refractivity contribution is 9.10. The first kappa shape index (κ1) is 24.5. The molecule has 5 nitrogen and oxygen atoms in total. The van der Waals surface area contributed by atoms with Gasteiger partial charge in [0.15, 0.2) is 5.11 Å². The second-order valence-electron chi connectivity index (χ2n) is 9.30. The first-order valence-electron chi connectivity index (χ1n) is 12.1. The molecule has 36 heavy (non-hydrogen) atoms. The van der Waals surface area contributed by atoms with Gasteiger partial charge in [-0.05, 0) is 112 Å². The van der Waals surface area contributed by atoms with Gasteiger partial charge in [-0.1, -0.05) is 22.0 Å². The molecule has 1 N–H and O–H groups in total. The van der Waals surface area contributed by atoms with Crippen molar-refractivity contribution in [2.24, 2.45) is 0 Å². The second-order valence-corrected chi connectivity index (χ2v) is 10.6. The first-order valence-corrected chi connectivity index (χ1v) is 13.3. The Morgan fingerprint density at radius 1 is 0.972 bits per heavy atom. The minimum absolute atomic E-state index is 0.0698. The zero-order valence-corrected chi connectivity index (χ0v) is 23.2. The average Bonchev–Trinajstić information content (AvgIpc) is 3.35. The van der Waals surface area contributed by atoms with Crippen molar-refractivity contribution in [2.75, 3.05) is 4.90 Å². The summed E-state index contributed by atoms with van der Waals surface area (Å²) in [6.07, 6.45) is 1.96. The fourth-order valence-corrected chi connectivity index (χ4v) is 5.59. The average molecular weight is 562 g/mol. The third-order valence-corrected chi connectivity index (χ3v) is 7.30. The molecule has 2 atom stereocenters. The third-order valence-electron chi connectivity index (χ3n) is 6.46. The molecule has 0 radical (unpaired) electrons. The Labute approximate surface area is 226 Å². The van der Waals surface area contributed by atoms with Crippen molar-refractivity contribution in [2.45, 2.75) is 45.9 Å². The summed E-state index contributed by atoms with van der Waals surface area (Å²) in [6, 6.07) is 24.7. The number of benzene rings is 2. The molecule has 3 heterocycles. The van der Waals surface area contributed by atoms with Crippen molar-refractivity contribution in [1.82, 2.24) is 14.9 Å². The maximum absolute atomic E-state index is 5.91. The Bertz CT molecular complexity index is 1370. The SMILES string of the molecule is Cc1cc([C@H]2[C@H](c3ccccn3)NC(=S)N2c2ccc(OC(C)C)cc2)c(C)n1-c1ccc(Br)cc1. The third kappa shape index (κ3) is 4.65. The fraction of sp³-hybridized carbons (Fsp3) is 0.241. The van der Waals surface area contributed by atoms with E-state index in [1.54, 1.807) is 0 Å². The van der Waals surface area contributed by atoms with Gasteiger partial charge < -0.3 is 19.5 Å². The Morgan fingerprint density at radius 3 is 2.31 bits per heavy atom. The van der Waals surface area contributed by atoms with Gasteiger partial charge in [0.25, 0.3) is 0 Å². The Kier molecular flexibility index (Phi) is 6.86. The van der Waals surface area contributed by atoms with E-state index in [2.05, 4.69) is 93.1 Å². The van der Waals surface area contributed by atoms with Crippen LogP contribution >= 0.6 is 28.1 Å². The number of ether oxygens (including phenoxy) is 1. The number of pyridine rings is 1. The molecule has 0 saturated carbocycles. The van der Waals surface area contributed by atoms with Gasteiger partial charge in [-0.15, -0.1) is 0 Å². The van der Waals surface area contributed by atoms with Gasteiger partial charge in [-0.2, -0.15) is 0 Å². The maximum atomic E-state index is 5.91. The molecule has 7 heteroatoms. The van der Waals surface area contributed by atoms with E-state index >= 15 is 0 Å². The van der Waals surface area contributed by atoms with E-state index in [1.165, 1.54) is 17.0 Å². The molecule has 1 aliphatic rings. The molecule has 1 saturated heterocycles. The molecule has 0 spiro atoms. The maximum Gasteiger partial charge on any atom is 0.174 e. The summed E-state index contributed by atoms with van der Waals surface area (Å²) in [5, 5.41) is 4.25. The summed E-state index contributed by atoms with van der Waals surface area (Å²) in [6.45, 7) is 8.39. The summed E-state index contributed by atoms with van der Waals surface area (Å²) in [4.78, 5) is 6.90. The number of nitrogens with zero attached hydrogens (tertiary/aromatic N) is 3. The Balaban J connectivity index is 1.62. The highest BCUT2D eigenvalue weighted by atomic mass is 79.9. The van der Waals surface area contributed by atoms with Crippen LogP contribution in [0.2, 0.25) is 0 Å². The van der Waals surface area contributed by atoms with Crippen molar-refractivity contribution >= 4 is 38.9 Å². The molecule has 0 unspecified atom stereocenters. The van der Waals surface area contributed by atoms with Gasteiger partial charge in [-0.25, -0.2) is 0 Å². The van der Waals surface area contributed by atoms with E-state index in [0.29, 0.717) is 5.11 Å². The Morgan fingerprint density at radius 2 is 1.67 bits per heavy atom. The summed E-state index contributed by atoms with van der Waals surface area (Å²) in [5.41, 5.74) is 6.66. The predicted molar refractivity (Wildman–Crippen MR) is 153 cm³/mol. The van der Waals surface area contributed by atoms with Crippen LogP contribution in [0, 0.1) is 13.8 Å². The van der Waals surface area contributed by atoms with Gasteiger partial charge in [0, 0.05) is 33.4 Å². The molecular formula is C29H29BrN4OS. The topological polar surface area (TPSA) is 42.3 Å². The van der Waals surface area contributed by atoms with Crippen LogP contribution < -0.4 is 15.0 Å². The van der Waals surface area contributed by atoms with Crippen molar-refractivity contribution in [1.29, 1.82) is 0 Å². The molecular weight excluding hydrogens is 532 g/mol. The number of aromatic nitrogens is 2. The van der Waals surface area contributed by atoms with E-state index in [4.69, 9.17) is 21.9 Å². The van der Waals surface area contributed by atoms with Crippen LogP contribution in [0.25, 0.3) is 5.69 Å². The lowest BCUT2D eigenvalue weighted by atomic mass is 9.96. The van der Waals surface area contributed by atoms with Crippen LogP contribution in [0.4, 0.5) is 5.69 Å². The monoisotopic (exact) mass is 560 g/mol. The molecule has 184 valence electrons.